The van der Waals surface area contributed by atoms with Crippen LogP contribution in [0, 0.1) is 12.8 Å². The third-order valence-electron chi connectivity index (χ3n) is 5.14. The first-order valence-corrected chi connectivity index (χ1v) is 11.7. The summed E-state index contributed by atoms with van der Waals surface area (Å²) in [7, 11) is -4.14. The standard InChI is InChI=1S/C19H22ClF3N4O4S/c1-12-25-17(31-26-12)3-2-8-24-18(28)13-6-9-27(10-7-13)32(29,30)14-4-5-16(20)15(11-14)19(21,22)23/h4-5,11,13H,2-3,6-10H2,1H3,(H,24,28). The maximum Gasteiger partial charge on any atom is 0.417 e. The molecule has 2 aromatic rings. The summed E-state index contributed by atoms with van der Waals surface area (Å²) in [6.45, 7) is 2.19. The highest BCUT2D eigenvalue weighted by Gasteiger charge is 2.37. The number of hydrogen-bond acceptors (Lipinski definition) is 6. The number of sulfonamides is 1. The normalized spacial score (nSPS) is 16.3. The summed E-state index contributed by atoms with van der Waals surface area (Å²) in [6, 6.07) is 2.52. The van der Waals surface area contributed by atoms with Gasteiger partial charge in [0.15, 0.2) is 5.82 Å². The Morgan fingerprint density at radius 3 is 2.59 bits per heavy atom. The van der Waals surface area contributed by atoms with Crippen LogP contribution >= 0.6 is 11.6 Å². The Kier molecular flexibility index (Phi) is 7.46. The number of hydrogen-bond donors (Lipinski definition) is 1. The van der Waals surface area contributed by atoms with Crippen LogP contribution in [0.25, 0.3) is 0 Å². The maximum atomic E-state index is 13.1. The van der Waals surface area contributed by atoms with Gasteiger partial charge in [-0.1, -0.05) is 16.8 Å². The van der Waals surface area contributed by atoms with E-state index in [1.165, 1.54) is 0 Å². The highest BCUT2D eigenvalue weighted by atomic mass is 35.5. The average Bonchev–Trinajstić information content (AvgIpc) is 3.15. The lowest BCUT2D eigenvalue weighted by molar-refractivity contribution is -0.137. The molecule has 1 saturated heterocycles. The molecule has 32 heavy (non-hydrogen) atoms. The van der Waals surface area contributed by atoms with E-state index in [2.05, 4.69) is 15.5 Å². The van der Waals surface area contributed by atoms with Crippen LogP contribution in [0.15, 0.2) is 27.6 Å². The molecule has 0 unspecified atom stereocenters. The van der Waals surface area contributed by atoms with Crippen LogP contribution in [0.4, 0.5) is 13.2 Å². The van der Waals surface area contributed by atoms with Crippen molar-refractivity contribution in [2.24, 2.45) is 5.92 Å². The Morgan fingerprint density at radius 1 is 1.31 bits per heavy atom. The van der Waals surface area contributed by atoms with Crippen LogP contribution in [-0.4, -0.2) is 48.4 Å². The number of nitrogens with one attached hydrogen (secondary N) is 1. The number of alkyl halides is 3. The lowest BCUT2D eigenvalue weighted by atomic mass is 9.97. The van der Waals surface area contributed by atoms with Crippen molar-refractivity contribution in [1.82, 2.24) is 19.8 Å². The van der Waals surface area contributed by atoms with E-state index in [-0.39, 0.29) is 37.8 Å². The van der Waals surface area contributed by atoms with E-state index < -0.39 is 31.7 Å². The molecule has 0 bridgehead atoms. The zero-order valence-corrected chi connectivity index (χ0v) is 18.7. The Hall–Kier alpha value is -2.18. The quantitative estimate of drug-likeness (QED) is 0.593. The Bertz CT molecular complexity index is 1070. The average molecular weight is 495 g/mol. The summed E-state index contributed by atoms with van der Waals surface area (Å²) in [5, 5.41) is 5.92. The molecule has 0 aliphatic carbocycles. The molecule has 0 saturated carbocycles. The van der Waals surface area contributed by atoms with Crippen molar-refractivity contribution in [3.05, 3.63) is 40.5 Å². The summed E-state index contributed by atoms with van der Waals surface area (Å²) < 4.78 is 70.9. The predicted molar refractivity (Wildman–Crippen MR) is 108 cm³/mol. The fourth-order valence-corrected chi connectivity index (χ4v) is 5.15. The van der Waals surface area contributed by atoms with E-state index in [0.29, 0.717) is 37.2 Å². The monoisotopic (exact) mass is 494 g/mol. The maximum absolute atomic E-state index is 13.1. The molecule has 8 nitrogen and oxygen atoms in total. The molecule has 2 heterocycles. The van der Waals surface area contributed by atoms with Gasteiger partial charge in [0.2, 0.25) is 21.8 Å². The topological polar surface area (TPSA) is 105 Å². The minimum absolute atomic E-state index is 0.0334. The number of aryl methyl sites for hydroxylation is 2. The molecule has 0 atom stereocenters. The second kappa shape index (κ2) is 9.75. The van der Waals surface area contributed by atoms with Gasteiger partial charge < -0.3 is 9.84 Å². The smallest absolute Gasteiger partial charge is 0.356 e. The number of carbonyl (C=O) groups is 1. The molecule has 1 aliphatic heterocycles. The molecule has 1 amide bonds. The molecular weight excluding hydrogens is 473 g/mol. The van der Waals surface area contributed by atoms with Gasteiger partial charge in [-0.25, -0.2) is 8.42 Å². The molecule has 13 heteroatoms. The van der Waals surface area contributed by atoms with Crippen molar-refractivity contribution >= 4 is 27.5 Å². The molecule has 0 radical (unpaired) electrons. The molecular formula is C19H22ClF3N4O4S. The number of halogens is 4. The Labute approximate surface area is 188 Å². The number of carbonyl (C=O) groups excluding carboxylic acids is 1. The molecule has 1 aromatic carbocycles. The van der Waals surface area contributed by atoms with Crippen molar-refractivity contribution in [3.63, 3.8) is 0 Å². The van der Waals surface area contributed by atoms with Gasteiger partial charge in [0.05, 0.1) is 15.5 Å². The molecule has 1 N–H and O–H groups in total. The highest BCUT2D eigenvalue weighted by molar-refractivity contribution is 7.89. The molecule has 1 fully saturated rings. The lowest BCUT2D eigenvalue weighted by Crippen LogP contribution is -2.43. The summed E-state index contributed by atoms with van der Waals surface area (Å²) in [5.41, 5.74) is -1.20. The molecule has 1 aliphatic rings. The van der Waals surface area contributed by atoms with E-state index >= 15 is 0 Å². The first kappa shape index (κ1) is 24.5. The van der Waals surface area contributed by atoms with Crippen molar-refractivity contribution < 1.29 is 30.9 Å². The highest BCUT2D eigenvalue weighted by Crippen LogP contribution is 2.36. The summed E-state index contributed by atoms with van der Waals surface area (Å²) >= 11 is 5.57. The van der Waals surface area contributed by atoms with Crippen molar-refractivity contribution in [3.8, 4) is 0 Å². The van der Waals surface area contributed by atoms with E-state index in [1.807, 2.05) is 0 Å². The van der Waals surface area contributed by atoms with Gasteiger partial charge in [0.1, 0.15) is 0 Å². The SMILES string of the molecule is Cc1noc(CCCNC(=O)C2CCN(S(=O)(=O)c3ccc(Cl)c(C(F)(F)F)c3)CC2)n1. The number of benzene rings is 1. The van der Waals surface area contributed by atoms with Gasteiger partial charge in [-0.3, -0.25) is 4.79 Å². The lowest BCUT2D eigenvalue weighted by Gasteiger charge is -2.30. The number of aromatic nitrogens is 2. The third kappa shape index (κ3) is 5.78. The van der Waals surface area contributed by atoms with E-state index in [4.69, 9.17) is 16.1 Å². The Balaban J connectivity index is 1.52. The molecule has 0 spiro atoms. The first-order valence-electron chi connectivity index (χ1n) is 9.92. The second-order valence-electron chi connectivity index (χ2n) is 7.45. The van der Waals surface area contributed by atoms with Gasteiger partial charge in [-0.05, 0) is 44.4 Å². The number of nitrogens with zero attached hydrogens (tertiary/aromatic N) is 3. The van der Waals surface area contributed by atoms with Gasteiger partial charge in [0.25, 0.3) is 0 Å². The fourth-order valence-electron chi connectivity index (χ4n) is 3.43. The van der Waals surface area contributed by atoms with Gasteiger partial charge in [0, 0.05) is 32.0 Å². The van der Waals surface area contributed by atoms with Crippen LogP contribution in [-0.2, 0) is 27.4 Å². The second-order valence-corrected chi connectivity index (χ2v) is 9.79. The summed E-state index contributed by atoms with van der Waals surface area (Å²) in [4.78, 5) is 16.0. The van der Waals surface area contributed by atoms with Crippen molar-refractivity contribution in [1.29, 1.82) is 0 Å². The molecule has 3 rings (SSSR count). The number of piperidine rings is 1. The number of rotatable bonds is 7. The number of amides is 1. The largest absolute Gasteiger partial charge is 0.417 e. The summed E-state index contributed by atoms with van der Waals surface area (Å²) in [5.74, 6) is 0.475. The minimum Gasteiger partial charge on any atom is -0.356 e. The van der Waals surface area contributed by atoms with Crippen LogP contribution in [0.1, 0.15) is 36.5 Å². The minimum atomic E-state index is -4.77. The Morgan fingerprint density at radius 2 is 2.00 bits per heavy atom. The van der Waals surface area contributed by atoms with E-state index in [0.717, 1.165) is 16.4 Å². The van der Waals surface area contributed by atoms with Crippen LogP contribution in [0.2, 0.25) is 5.02 Å². The molecule has 176 valence electrons. The summed E-state index contributed by atoms with van der Waals surface area (Å²) in [6.07, 6.45) is -3.09. The van der Waals surface area contributed by atoms with Gasteiger partial charge >= 0.3 is 6.18 Å². The third-order valence-corrected chi connectivity index (χ3v) is 7.37. The zero-order chi connectivity index (χ0) is 23.5. The molecule has 1 aromatic heterocycles. The van der Waals surface area contributed by atoms with Gasteiger partial charge in [-0.15, -0.1) is 0 Å². The zero-order valence-electron chi connectivity index (χ0n) is 17.2. The van der Waals surface area contributed by atoms with Gasteiger partial charge in [-0.2, -0.15) is 22.5 Å². The van der Waals surface area contributed by atoms with E-state index in [1.54, 1.807) is 6.92 Å². The van der Waals surface area contributed by atoms with Crippen molar-refractivity contribution in [2.75, 3.05) is 19.6 Å². The fraction of sp³-hybridized carbons (Fsp3) is 0.526. The van der Waals surface area contributed by atoms with Crippen LogP contribution in [0.5, 0.6) is 0 Å². The van der Waals surface area contributed by atoms with Crippen LogP contribution < -0.4 is 5.32 Å². The van der Waals surface area contributed by atoms with Crippen LogP contribution in [0.3, 0.4) is 0 Å². The first-order chi connectivity index (χ1) is 15.0. The predicted octanol–water partition coefficient (Wildman–Crippen LogP) is 3.20. The van der Waals surface area contributed by atoms with Crippen molar-refractivity contribution in [2.45, 2.75) is 43.7 Å². The van der Waals surface area contributed by atoms with E-state index in [9.17, 15) is 26.4 Å².